The van der Waals surface area contributed by atoms with E-state index >= 15 is 0 Å². The molecule has 0 saturated heterocycles. The monoisotopic (exact) mass is 249 g/mol. The van der Waals surface area contributed by atoms with Gasteiger partial charge < -0.3 is 5.32 Å². The number of nitrogens with zero attached hydrogens (tertiary/aromatic N) is 3. The summed E-state index contributed by atoms with van der Waals surface area (Å²) in [6.45, 7) is 6.27. The molecule has 18 heavy (non-hydrogen) atoms. The van der Waals surface area contributed by atoms with Crippen LogP contribution < -0.4 is 10.6 Å². The van der Waals surface area contributed by atoms with Crippen molar-refractivity contribution in [3.05, 3.63) is 11.8 Å². The Kier molecular flexibility index (Phi) is 5.18. The van der Waals surface area contributed by atoms with Gasteiger partial charge >= 0.3 is 6.03 Å². The number of aromatic nitrogens is 2. The van der Waals surface area contributed by atoms with Crippen LogP contribution in [0.25, 0.3) is 0 Å². The molecule has 0 fully saturated rings. The Morgan fingerprint density at radius 2 is 2.39 bits per heavy atom. The molecule has 0 saturated carbocycles. The third-order valence-corrected chi connectivity index (χ3v) is 2.57. The number of carbonyl (C=O) groups is 1. The topological polar surface area (TPSA) is 82.7 Å². The first-order valence-corrected chi connectivity index (χ1v) is 6.05. The molecule has 2 amide bonds. The molecule has 6 heteroatoms. The summed E-state index contributed by atoms with van der Waals surface area (Å²) >= 11 is 0. The van der Waals surface area contributed by atoms with Crippen molar-refractivity contribution in [2.75, 3.05) is 5.32 Å². The molecule has 0 aliphatic carbocycles. The number of nitrogens with one attached hydrogen (secondary N) is 2. The molecule has 1 aromatic heterocycles. The summed E-state index contributed by atoms with van der Waals surface area (Å²) < 4.78 is 1.63. The second-order valence-corrected chi connectivity index (χ2v) is 4.21. The Morgan fingerprint density at radius 3 is 3.00 bits per heavy atom. The van der Waals surface area contributed by atoms with E-state index in [2.05, 4.69) is 21.8 Å². The molecule has 0 radical (unpaired) electrons. The van der Waals surface area contributed by atoms with Crippen molar-refractivity contribution in [3.63, 3.8) is 0 Å². The number of urea groups is 1. The summed E-state index contributed by atoms with van der Waals surface area (Å²) in [4.78, 5) is 11.7. The number of anilines is 1. The van der Waals surface area contributed by atoms with E-state index in [1.807, 2.05) is 20.8 Å². The third kappa shape index (κ3) is 4.09. The van der Waals surface area contributed by atoms with Gasteiger partial charge in [-0.05, 0) is 20.3 Å². The number of hydrogen-bond donors (Lipinski definition) is 2. The van der Waals surface area contributed by atoms with Crippen molar-refractivity contribution in [3.8, 4) is 6.07 Å². The van der Waals surface area contributed by atoms with Gasteiger partial charge in [0.25, 0.3) is 0 Å². The Hall–Kier alpha value is -2.03. The van der Waals surface area contributed by atoms with E-state index in [1.165, 1.54) is 0 Å². The predicted molar refractivity (Wildman–Crippen MR) is 69.1 cm³/mol. The molecule has 98 valence electrons. The van der Waals surface area contributed by atoms with Gasteiger partial charge in [0.1, 0.15) is 5.82 Å². The van der Waals surface area contributed by atoms with Crippen LogP contribution in [-0.4, -0.2) is 21.9 Å². The van der Waals surface area contributed by atoms with Crippen LogP contribution in [0.3, 0.4) is 0 Å². The van der Waals surface area contributed by atoms with E-state index < -0.39 is 0 Å². The molecular weight excluding hydrogens is 230 g/mol. The summed E-state index contributed by atoms with van der Waals surface area (Å²) in [5, 5.41) is 18.4. The van der Waals surface area contributed by atoms with Crippen LogP contribution in [0.5, 0.6) is 0 Å². The van der Waals surface area contributed by atoms with E-state index in [9.17, 15) is 4.79 Å². The molecule has 1 unspecified atom stereocenters. The van der Waals surface area contributed by atoms with Crippen molar-refractivity contribution in [2.45, 2.75) is 46.2 Å². The first-order valence-electron chi connectivity index (χ1n) is 6.05. The minimum Gasteiger partial charge on any atom is -0.335 e. The van der Waals surface area contributed by atoms with Gasteiger partial charge in [-0.1, -0.05) is 6.92 Å². The Morgan fingerprint density at radius 1 is 1.67 bits per heavy atom. The molecular formula is C12H19N5O. The molecule has 0 aliphatic heterocycles. The first-order chi connectivity index (χ1) is 8.56. The van der Waals surface area contributed by atoms with Crippen LogP contribution in [0, 0.1) is 18.3 Å². The highest BCUT2D eigenvalue weighted by Gasteiger charge is 2.10. The van der Waals surface area contributed by atoms with Gasteiger partial charge in [-0.3, -0.25) is 5.32 Å². The molecule has 6 nitrogen and oxygen atoms in total. The normalized spacial score (nSPS) is 11.7. The smallest absolute Gasteiger partial charge is 0.320 e. The van der Waals surface area contributed by atoms with Gasteiger partial charge in [0, 0.05) is 12.1 Å². The minimum atomic E-state index is -0.248. The summed E-state index contributed by atoms with van der Waals surface area (Å²) in [7, 11) is 0. The van der Waals surface area contributed by atoms with Gasteiger partial charge in [0.15, 0.2) is 0 Å². The Labute approximate surface area is 107 Å². The lowest BCUT2D eigenvalue weighted by atomic mass is 10.3. The summed E-state index contributed by atoms with van der Waals surface area (Å²) in [6, 6.07) is 3.72. The van der Waals surface area contributed by atoms with Crippen molar-refractivity contribution in [1.29, 1.82) is 5.26 Å². The molecule has 1 heterocycles. The van der Waals surface area contributed by atoms with Crippen LogP contribution in [0.15, 0.2) is 6.07 Å². The predicted octanol–water partition coefficient (Wildman–Crippen LogP) is 2.03. The van der Waals surface area contributed by atoms with Crippen molar-refractivity contribution < 1.29 is 4.79 Å². The number of aryl methyl sites for hydroxylation is 2. The van der Waals surface area contributed by atoms with Crippen LogP contribution in [0.2, 0.25) is 0 Å². The maximum Gasteiger partial charge on any atom is 0.320 e. The average Bonchev–Trinajstić information content (AvgIpc) is 2.66. The molecule has 1 atom stereocenters. The van der Waals surface area contributed by atoms with Gasteiger partial charge in [0.05, 0.1) is 24.7 Å². The zero-order valence-corrected chi connectivity index (χ0v) is 11.0. The zero-order valence-electron chi connectivity index (χ0n) is 11.0. The largest absolute Gasteiger partial charge is 0.335 e. The number of carbonyl (C=O) groups excluding carboxylic acids is 1. The first kappa shape index (κ1) is 14.0. The van der Waals surface area contributed by atoms with Crippen LogP contribution in [0.1, 0.15) is 32.4 Å². The maximum atomic E-state index is 11.7. The highest BCUT2D eigenvalue weighted by molar-refractivity contribution is 5.88. The van der Waals surface area contributed by atoms with E-state index in [0.29, 0.717) is 18.8 Å². The molecule has 0 aliphatic rings. The number of rotatable bonds is 5. The number of hydrogen-bond acceptors (Lipinski definition) is 3. The standard InChI is InChI=1S/C12H19N5O/c1-4-9(2)14-12(18)15-11-8-10(3)16-17(11)7-5-6-13/h8-9H,4-5,7H2,1-3H3,(H2,14,15,18). The van der Waals surface area contributed by atoms with Gasteiger partial charge in [-0.25, -0.2) is 9.48 Å². The second-order valence-electron chi connectivity index (χ2n) is 4.21. The fraction of sp³-hybridized carbons (Fsp3) is 0.583. The fourth-order valence-electron chi connectivity index (χ4n) is 1.45. The highest BCUT2D eigenvalue weighted by Crippen LogP contribution is 2.10. The Bertz CT molecular complexity index is 446. The SMILES string of the molecule is CCC(C)NC(=O)Nc1cc(C)nn1CCC#N. The van der Waals surface area contributed by atoms with Crippen LogP contribution in [-0.2, 0) is 6.54 Å². The van der Waals surface area contributed by atoms with Gasteiger partial charge in [-0.15, -0.1) is 0 Å². The summed E-state index contributed by atoms with van der Waals surface area (Å²) in [5.41, 5.74) is 0.812. The van der Waals surface area contributed by atoms with Gasteiger partial charge in [-0.2, -0.15) is 10.4 Å². The van der Waals surface area contributed by atoms with E-state index in [1.54, 1.807) is 10.7 Å². The number of amides is 2. The molecule has 0 bridgehead atoms. The molecule has 2 N–H and O–H groups in total. The highest BCUT2D eigenvalue weighted by atomic mass is 16.2. The van der Waals surface area contributed by atoms with Crippen LogP contribution in [0.4, 0.5) is 10.6 Å². The third-order valence-electron chi connectivity index (χ3n) is 2.57. The minimum absolute atomic E-state index is 0.126. The molecule has 1 rings (SSSR count). The Balaban J connectivity index is 2.66. The van der Waals surface area contributed by atoms with E-state index in [-0.39, 0.29) is 12.1 Å². The molecule has 0 aromatic carbocycles. The zero-order chi connectivity index (χ0) is 13.5. The summed E-state index contributed by atoms with van der Waals surface area (Å²) in [5.74, 6) is 0.614. The lowest BCUT2D eigenvalue weighted by molar-refractivity contribution is 0.248. The van der Waals surface area contributed by atoms with Crippen molar-refractivity contribution >= 4 is 11.8 Å². The fourth-order valence-corrected chi connectivity index (χ4v) is 1.45. The lowest BCUT2D eigenvalue weighted by Gasteiger charge is -2.13. The summed E-state index contributed by atoms with van der Waals surface area (Å²) in [6.07, 6.45) is 1.24. The number of nitriles is 1. The van der Waals surface area contributed by atoms with E-state index in [0.717, 1.165) is 12.1 Å². The lowest BCUT2D eigenvalue weighted by Crippen LogP contribution is -2.36. The molecule has 0 spiro atoms. The van der Waals surface area contributed by atoms with Crippen LogP contribution >= 0.6 is 0 Å². The van der Waals surface area contributed by atoms with Crippen molar-refractivity contribution in [2.24, 2.45) is 0 Å². The van der Waals surface area contributed by atoms with E-state index in [4.69, 9.17) is 5.26 Å². The average molecular weight is 249 g/mol. The maximum absolute atomic E-state index is 11.7. The second kappa shape index (κ2) is 6.64. The van der Waals surface area contributed by atoms with Gasteiger partial charge in [0.2, 0.25) is 0 Å². The van der Waals surface area contributed by atoms with Crippen molar-refractivity contribution in [1.82, 2.24) is 15.1 Å². The quantitative estimate of drug-likeness (QED) is 0.837. The molecule has 1 aromatic rings.